The first-order chi connectivity index (χ1) is 6.43. The average molecular weight is 194 g/mol. The number of anilines is 4. The number of nitrogens with two attached hydrogens (primary N) is 6. The number of hydrogen-bond acceptors (Lipinski definition) is 6. The van der Waals surface area contributed by atoms with Crippen molar-refractivity contribution in [2.75, 3.05) is 22.9 Å². The third-order valence-corrected chi connectivity index (χ3v) is 1.84. The van der Waals surface area contributed by atoms with Gasteiger partial charge in [0.1, 0.15) is 0 Å². The van der Waals surface area contributed by atoms with Gasteiger partial charge >= 0.3 is 0 Å². The van der Waals surface area contributed by atoms with E-state index in [0.29, 0.717) is 16.9 Å². The highest BCUT2D eigenvalue weighted by Gasteiger charge is 2.08. The normalized spacial score (nSPS) is 9.71. The zero-order valence-electron chi connectivity index (χ0n) is 7.62. The van der Waals surface area contributed by atoms with Crippen molar-refractivity contribution in [3.63, 3.8) is 0 Å². The quantitative estimate of drug-likeness (QED) is 0.322. The Kier molecular flexibility index (Phi) is 2.29. The highest BCUT2D eigenvalue weighted by molar-refractivity contribution is 5.91. The molecule has 0 amide bonds. The second kappa shape index (κ2) is 3.25. The Bertz CT molecular complexity index is 391. The maximum absolute atomic E-state index is 5.68. The van der Waals surface area contributed by atoms with Crippen LogP contribution < -0.4 is 34.4 Å². The summed E-state index contributed by atoms with van der Waals surface area (Å²) in [6.07, 6.45) is 1.47. The van der Waals surface area contributed by atoms with Crippen LogP contribution >= 0.6 is 0 Å². The zero-order chi connectivity index (χ0) is 10.9. The predicted octanol–water partition coefficient (Wildman–Crippen LogP) is -0.769. The summed E-state index contributed by atoms with van der Waals surface area (Å²) in [7, 11) is 0. The van der Waals surface area contributed by atoms with Gasteiger partial charge in [-0.15, -0.1) is 0 Å². The van der Waals surface area contributed by atoms with E-state index in [1.54, 1.807) is 6.07 Å². The molecule has 6 heteroatoms. The van der Waals surface area contributed by atoms with Crippen molar-refractivity contribution in [1.82, 2.24) is 0 Å². The van der Waals surface area contributed by atoms with E-state index in [0.717, 1.165) is 0 Å². The van der Waals surface area contributed by atoms with Gasteiger partial charge in [-0.05, 0) is 12.1 Å². The highest BCUT2D eigenvalue weighted by atomic mass is 14.8. The lowest BCUT2D eigenvalue weighted by atomic mass is 10.1. The van der Waals surface area contributed by atoms with E-state index in [1.165, 1.54) is 6.08 Å². The Hall–Kier alpha value is -2.24. The summed E-state index contributed by atoms with van der Waals surface area (Å²) < 4.78 is 0. The van der Waals surface area contributed by atoms with Crippen LogP contribution in [0.3, 0.4) is 0 Å². The van der Waals surface area contributed by atoms with Crippen LogP contribution in [0.4, 0.5) is 22.7 Å². The van der Waals surface area contributed by atoms with E-state index in [-0.39, 0.29) is 17.2 Å². The second-order valence-electron chi connectivity index (χ2n) is 2.94. The van der Waals surface area contributed by atoms with Gasteiger partial charge in [-0.25, -0.2) is 0 Å². The summed E-state index contributed by atoms with van der Waals surface area (Å²) in [4.78, 5) is 0. The summed E-state index contributed by atoms with van der Waals surface area (Å²) >= 11 is 0. The Morgan fingerprint density at radius 1 is 0.929 bits per heavy atom. The third kappa shape index (κ3) is 1.58. The Labute approximate surface area is 81.5 Å². The molecule has 1 aromatic rings. The van der Waals surface area contributed by atoms with Gasteiger partial charge in [0.05, 0.1) is 28.6 Å². The molecular formula is C8H14N6. The summed E-state index contributed by atoms with van der Waals surface area (Å²) in [5.74, 6) is 0.125. The second-order valence-corrected chi connectivity index (χ2v) is 2.94. The molecule has 0 saturated carbocycles. The highest BCUT2D eigenvalue weighted by Crippen LogP contribution is 2.32. The molecule has 0 fully saturated rings. The van der Waals surface area contributed by atoms with Gasteiger partial charge in [0.15, 0.2) is 0 Å². The van der Waals surface area contributed by atoms with Crippen LogP contribution in [0.25, 0.3) is 6.08 Å². The molecule has 12 N–H and O–H groups in total. The van der Waals surface area contributed by atoms with Crippen LogP contribution in [0, 0.1) is 0 Å². The number of hydrogen-bond donors (Lipinski definition) is 6. The average Bonchev–Trinajstić information content (AvgIpc) is 2.10. The van der Waals surface area contributed by atoms with Crippen LogP contribution in [0.15, 0.2) is 11.9 Å². The van der Waals surface area contributed by atoms with Gasteiger partial charge in [0.25, 0.3) is 0 Å². The van der Waals surface area contributed by atoms with Gasteiger partial charge in [0.2, 0.25) is 0 Å². The number of nitrogen functional groups attached to an aromatic ring is 4. The standard InChI is InChI=1S/C8H14N6/c9-4-1-3(2-5(10)11)6(12)8(14)7(4)13/h1-2H,9-14H2. The summed E-state index contributed by atoms with van der Waals surface area (Å²) in [6, 6.07) is 1.57. The topological polar surface area (TPSA) is 156 Å². The minimum Gasteiger partial charge on any atom is -0.397 e. The molecule has 0 spiro atoms. The van der Waals surface area contributed by atoms with Crippen molar-refractivity contribution in [3.8, 4) is 0 Å². The Morgan fingerprint density at radius 3 is 2.00 bits per heavy atom. The van der Waals surface area contributed by atoms with Crippen molar-refractivity contribution in [1.29, 1.82) is 0 Å². The van der Waals surface area contributed by atoms with Crippen molar-refractivity contribution in [2.24, 2.45) is 11.5 Å². The molecule has 0 aliphatic heterocycles. The Morgan fingerprint density at radius 2 is 1.50 bits per heavy atom. The lowest BCUT2D eigenvalue weighted by Crippen LogP contribution is -2.09. The maximum atomic E-state index is 5.68. The van der Waals surface area contributed by atoms with Crippen molar-refractivity contribution < 1.29 is 0 Å². The first kappa shape index (κ1) is 9.85. The first-order valence-corrected chi connectivity index (χ1v) is 3.89. The summed E-state index contributed by atoms with van der Waals surface area (Å²) in [6.45, 7) is 0. The van der Waals surface area contributed by atoms with E-state index >= 15 is 0 Å². The lowest BCUT2D eigenvalue weighted by Gasteiger charge is -2.10. The molecule has 0 aliphatic rings. The molecule has 6 nitrogen and oxygen atoms in total. The van der Waals surface area contributed by atoms with Gasteiger partial charge in [0, 0.05) is 5.56 Å². The first-order valence-electron chi connectivity index (χ1n) is 3.89. The molecular weight excluding hydrogens is 180 g/mol. The monoisotopic (exact) mass is 194 g/mol. The molecule has 0 bridgehead atoms. The van der Waals surface area contributed by atoms with Crippen LogP contribution in [0.1, 0.15) is 5.56 Å². The largest absolute Gasteiger partial charge is 0.397 e. The molecule has 0 atom stereocenters. The fourth-order valence-corrected chi connectivity index (χ4v) is 1.08. The van der Waals surface area contributed by atoms with Crippen LogP contribution in [0.2, 0.25) is 0 Å². The molecule has 14 heavy (non-hydrogen) atoms. The van der Waals surface area contributed by atoms with Crippen LogP contribution in [0.5, 0.6) is 0 Å². The molecule has 0 aromatic heterocycles. The minimum atomic E-state index is 0.125. The van der Waals surface area contributed by atoms with Crippen LogP contribution in [-0.2, 0) is 0 Å². The third-order valence-electron chi connectivity index (χ3n) is 1.84. The summed E-state index contributed by atoms with van der Waals surface area (Å²) in [5.41, 5.74) is 34.8. The summed E-state index contributed by atoms with van der Waals surface area (Å²) in [5, 5.41) is 0. The van der Waals surface area contributed by atoms with Crippen molar-refractivity contribution >= 4 is 28.8 Å². The molecule has 1 rings (SSSR count). The Balaban J connectivity index is 3.41. The van der Waals surface area contributed by atoms with E-state index in [9.17, 15) is 0 Å². The smallest absolute Gasteiger partial charge is 0.0940 e. The fourth-order valence-electron chi connectivity index (χ4n) is 1.08. The van der Waals surface area contributed by atoms with E-state index in [4.69, 9.17) is 34.4 Å². The van der Waals surface area contributed by atoms with Crippen LogP contribution in [-0.4, -0.2) is 0 Å². The van der Waals surface area contributed by atoms with Gasteiger partial charge < -0.3 is 34.4 Å². The molecule has 0 heterocycles. The van der Waals surface area contributed by atoms with E-state index in [2.05, 4.69) is 0 Å². The SMILES string of the molecule is NC(N)=Cc1cc(N)c(N)c(N)c1N. The molecule has 1 aromatic carbocycles. The molecule has 76 valence electrons. The van der Waals surface area contributed by atoms with Gasteiger partial charge in [-0.3, -0.25) is 0 Å². The lowest BCUT2D eigenvalue weighted by molar-refractivity contribution is 1.28. The predicted molar refractivity (Wildman–Crippen MR) is 60.4 cm³/mol. The molecule has 0 saturated heterocycles. The van der Waals surface area contributed by atoms with Gasteiger partial charge in [-0.2, -0.15) is 0 Å². The molecule has 0 unspecified atom stereocenters. The minimum absolute atomic E-state index is 0.125. The maximum Gasteiger partial charge on any atom is 0.0940 e. The zero-order valence-corrected chi connectivity index (χ0v) is 7.62. The van der Waals surface area contributed by atoms with E-state index in [1.807, 2.05) is 0 Å². The number of rotatable bonds is 1. The fraction of sp³-hybridized carbons (Fsp3) is 0. The number of benzene rings is 1. The van der Waals surface area contributed by atoms with E-state index < -0.39 is 0 Å². The van der Waals surface area contributed by atoms with Crippen molar-refractivity contribution in [3.05, 3.63) is 17.5 Å². The van der Waals surface area contributed by atoms with Crippen molar-refractivity contribution in [2.45, 2.75) is 0 Å². The molecule has 0 aliphatic carbocycles. The van der Waals surface area contributed by atoms with Gasteiger partial charge in [-0.1, -0.05) is 0 Å². The molecule has 0 radical (unpaired) electrons.